The van der Waals surface area contributed by atoms with Crippen LogP contribution >= 0.6 is 0 Å². The van der Waals surface area contributed by atoms with Crippen LogP contribution in [0, 0.1) is 0 Å². The van der Waals surface area contributed by atoms with Crippen molar-refractivity contribution in [2.75, 3.05) is 0 Å². The second-order valence-electron chi connectivity index (χ2n) is 6.58. The molecule has 0 aromatic heterocycles. The van der Waals surface area contributed by atoms with Gasteiger partial charge in [-0.15, -0.1) is 0 Å². The predicted molar refractivity (Wildman–Crippen MR) is 86.7 cm³/mol. The summed E-state index contributed by atoms with van der Waals surface area (Å²) in [7, 11) is 0. The molecule has 4 heteroatoms. The minimum absolute atomic E-state index is 0. The normalized spacial score (nSPS) is 15.5. The van der Waals surface area contributed by atoms with Crippen LogP contribution < -0.4 is 0 Å². The summed E-state index contributed by atoms with van der Waals surface area (Å²) in [6.07, 6.45) is 21.0. The van der Waals surface area contributed by atoms with Crippen molar-refractivity contribution in [3.8, 4) is 0 Å². The van der Waals surface area contributed by atoms with E-state index in [2.05, 4.69) is 16.7 Å². The van der Waals surface area contributed by atoms with E-state index in [1.165, 1.54) is 89.9 Å². The van der Waals surface area contributed by atoms with E-state index >= 15 is 0 Å². The summed E-state index contributed by atoms with van der Waals surface area (Å²) in [5.41, 5.74) is 0. The van der Waals surface area contributed by atoms with Crippen LogP contribution in [0.2, 0.25) is 0 Å². The summed E-state index contributed by atoms with van der Waals surface area (Å²) in [6, 6.07) is 0. The van der Waals surface area contributed by atoms with Gasteiger partial charge in [-0.05, 0) is 6.42 Å². The average molecular weight is 351 g/mol. The van der Waals surface area contributed by atoms with Crippen LogP contribution in [0.25, 0.3) is 0 Å². The van der Waals surface area contributed by atoms with Crippen molar-refractivity contribution in [2.45, 2.75) is 116 Å². The topological polar surface area (TPSA) is 45.3 Å². The summed E-state index contributed by atoms with van der Waals surface area (Å²) in [5.74, 6) is -1.21. The Hall–Kier alpha value is 0.464. The molecule has 1 aliphatic rings. The Bertz CT molecular complexity index is 232. The minimum atomic E-state index is -1.21. The molecule has 0 aromatic rings. The Morgan fingerprint density at radius 2 is 0.909 bits per heavy atom. The molecule has 0 unspecified atom stereocenters. The molecule has 22 heavy (non-hydrogen) atoms. The first-order valence-electron chi connectivity index (χ1n) is 9.36. The van der Waals surface area contributed by atoms with E-state index in [1.807, 2.05) is 0 Å². The van der Waals surface area contributed by atoms with Crippen molar-refractivity contribution in [1.82, 2.24) is 0 Å². The van der Waals surface area contributed by atoms with E-state index in [-0.39, 0.29) is 18.6 Å². The summed E-state index contributed by atoms with van der Waals surface area (Å²) < 4.78 is 0. The molecule has 0 aromatic carbocycles. The average Bonchev–Trinajstić information content (AvgIpc) is 3.21. The zero-order chi connectivity index (χ0) is 15.2. The molecule has 1 fully saturated rings. The second kappa shape index (κ2) is 15.0. The SMILES string of the molecule is CCCCCCCCCCCCCCCCCC1(O)OO1.[V]. The maximum absolute atomic E-state index is 9.29. The molecular weight excluding hydrogens is 315 g/mol. The zero-order valence-electron chi connectivity index (χ0n) is 14.5. The maximum atomic E-state index is 9.29. The maximum Gasteiger partial charge on any atom is 0.337 e. The van der Waals surface area contributed by atoms with Gasteiger partial charge in [0.15, 0.2) is 0 Å². The fraction of sp³-hybridized carbons (Fsp3) is 1.00. The molecule has 1 N–H and O–H groups in total. The fourth-order valence-corrected chi connectivity index (χ4v) is 2.85. The largest absolute Gasteiger partial charge is 0.340 e. The molecule has 1 aliphatic heterocycles. The van der Waals surface area contributed by atoms with Gasteiger partial charge in [0.1, 0.15) is 0 Å². The molecule has 1 rings (SSSR count). The minimum Gasteiger partial charge on any atom is -0.340 e. The van der Waals surface area contributed by atoms with Crippen LogP contribution in [-0.2, 0) is 28.3 Å². The zero-order valence-corrected chi connectivity index (χ0v) is 15.9. The fourth-order valence-electron chi connectivity index (χ4n) is 2.85. The Morgan fingerprint density at radius 1 is 0.591 bits per heavy atom. The third kappa shape index (κ3) is 14.1. The first-order chi connectivity index (χ1) is 10.3. The van der Waals surface area contributed by atoms with Gasteiger partial charge in [-0.2, -0.15) is 9.78 Å². The summed E-state index contributed by atoms with van der Waals surface area (Å²) in [6.45, 7) is 2.28. The first-order valence-corrected chi connectivity index (χ1v) is 9.36. The Balaban J connectivity index is 0.00000441. The molecule has 0 saturated carbocycles. The molecule has 0 spiro atoms. The Kier molecular flexibility index (Phi) is 15.3. The first kappa shape index (κ1) is 22.5. The molecule has 1 saturated heterocycles. The molecule has 131 valence electrons. The van der Waals surface area contributed by atoms with E-state index in [0.29, 0.717) is 6.42 Å². The second-order valence-corrected chi connectivity index (χ2v) is 6.58. The van der Waals surface area contributed by atoms with E-state index < -0.39 is 5.97 Å². The predicted octanol–water partition coefficient (Wildman–Crippen LogP) is 5.85. The molecule has 0 atom stereocenters. The van der Waals surface area contributed by atoms with Crippen LogP contribution in [0.1, 0.15) is 110 Å². The smallest absolute Gasteiger partial charge is 0.337 e. The van der Waals surface area contributed by atoms with E-state index in [0.717, 1.165) is 6.42 Å². The molecule has 0 amide bonds. The van der Waals surface area contributed by atoms with Crippen LogP contribution in [0.5, 0.6) is 0 Å². The van der Waals surface area contributed by atoms with Gasteiger partial charge in [0.25, 0.3) is 0 Å². The van der Waals surface area contributed by atoms with Crippen molar-refractivity contribution in [1.29, 1.82) is 0 Å². The summed E-state index contributed by atoms with van der Waals surface area (Å²) in [5, 5.41) is 9.29. The summed E-state index contributed by atoms with van der Waals surface area (Å²) in [4.78, 5) is 8.94. The van der Waals surface area contributed by atoms with Crippen LogP contribution in [0.15, 0.2) is 0 Å². The molecule has 3 nitrogen and oxygen atoms in total. The molecule has 0 bridgehead atoms. The van der Waals surface area contributed by atoms with Gasteiger partial charge < -0.3 is 5.11 Å². The van der Waals surface area contributed by atoms with Gasteiger partial charge in [-0.3, -0.25) is 0 Å². The van der Waals surface area contributed by atoms with E-state index in [4.69, 9.17) is 0 Å². The quantitative estimate of drug-likeness (QED) is 0.215. The van der Waals surface area contributed by atoms with Crippen molar-refractivity contribution < 1.29 is 33.4 Å². The van der Waals surface area contributed by atoms with Gasteiger partial charge in [-0.25, -0.2) is 0 Å². The van der Waals surface area contributed by atoms with Crippen LogP contribution in [0.3, 0.4) is 0 Å². The standard InChI is InChI=1S/C18H36O3.V/c1-2-3-4-5-6-7-8-9-10-11-12-13-14-15-16-17-18(19)20-21-18;/h19H,2-17H2,1H3;. The molecular formula is C18H36O3V. The molecule has 1 heterocycles. The van der Waals surface area contributed by atoms with Crippen molar-refractivity contribution in [2.24, 2.45) is 0 Å². The molecule has 1 radical (unpaired) electrons. The third-order valence-electron chi connectivity index (χ3n) is 4.37. The Morgan fingerprint density at radius 3 is 1.23 bits per heavy atom. The monoisotopic (exact) mass is 351 g/mol. The van der Waals surface area contributed by atoms with E-state index in [1.54, 1.807) is 0 Å². The number of rotatable bonds is 16. The van der Waals surface area contributed by atoms with Gasteiger partial charge in [0.05, 0.1) is 0 Å². The van der Waals surface area contributed by atoms with Gasteiger partial charge in [0, 0.05) is 25.0 Å². The van der Waals surface area contributed by atoms with Gasteiger partial charge in [-0.1, -0.05) is 96.8 Å². The van der Waals surface area contributed by atoms with Gasteiger partial charge in [0.2, 0.25) is 0 Å². The van der Waals surface area contributed by atoms with E-state index in [9.17, 15) is 5.11 Å². The Labute approximate surface area is 149 Å². The number of unbranched alkanes of at least 4 members (excludes halogenated alkanes) is 14. The third-order valence-corrected chi connectivity index (χ3v) is 4.37. The van der Waals surface area contributed by atoms with Crippen LogP contribution in [-0.4, -0.2) is 11.1 Å². The number of hydrogen-bond donors (Lipinski definition) is 1. The van der Waals surface area contributed by atoms with Crippen molar-refractivity contribution in [3.05, 3.63) is 0 Å². The summed E-state index contributed by atoms with van der Waals surface area (Å²) >= 11 is 0. The van der Waals surface area contributed by atoms with Crippen LogP contribution in [0.4, 0.5) is 0 Å². The van der Waals surface area contributed by atoms with Crippen molar-refractivity contribution >= 4 is 0 Å². The van der Waals surface area contributed by atoms with Crippen molar-refractivity contribution in [3.63, 3.8) is 0 Å². The molecule has 0 aliphatic carbocycles. The number of aliphatic hydroxyl groups is 1. The van der Waals surface area contributed by atoms with Gasteiger partial charge >= 0.3 is 5.97 Å². The number of hydrogen-bond acceptors (Lipinski definition) is 3.